The molecule has 0 amide bonds. The van der Waals surface area contributed by atoms with Crippen molar-refractivity contribution in [3.63, 3.8) is 0 Å². The van der Waals surface area contributed by atoms with Crippen molar-refractivity contribution < 1.29 is 0 Å². The molecule has 0 heterocycles. The fourth-order valence-electron chi connectivity index (χ4n) is 5.76. The molecule has 0 N–H and O–H groups in total. The van der Waals surface area contributed by atoms with E-state index < -0.39 is 0 Å². The monoisotopic (exact) mass is 278 g/mol. The van der Waals surface area contributed by atoms with E-state index in [1.165, 1.54) is 38.5 Å². The standard InChI is InChI=1S/C20H38/c1-7-15(4)19-10-14(3)11-20-16(5)8-13(2)9-18(20)12-17(19)6/h13-20H,7-12H2,1-6H3/t13-,14-,15?,16+,17?,18+,19-,20+/m1/s1. The molecule has 0 aromatic rings. The largest absolute Gasteiger partial charge is 0.0651 e. The predicted octanol–water partition coefficient (Wildman–Crippen LogP) is 6.40. The summed E-state index contributed by atoms with van der Waals surface area (Å²) in [7, 11) is 0. The van der Waals surface area contributed by atoms with E-state index in [9.17, 15) is 0 Å². The molecule has 0 heteroatoms. The van der Waals surface area contributed by atoms with Gasteiger partial charge in [-0.1, -0.05) is 48.0 Å². The maximum absolute atomic E-state index is 2.57. The third-order valence-electron chi connectivity index (χ3n) is 6.95. The highest BCUT2D eigenvalue weighted by Gasteiger charge is 2.39. The molecule has 118 valence electrons. The van der Waals surface area contributed by atoms with Gasteiger partial charge in [0.05, 0.1) is 0 Å². The van der Waals surface area contributed by atoms with E-state index in [2.05, 4.69) is 41.5 Å². The van der Waals surface area contributed by atoms with Gasteiger partial charge in [0.1, 0.15) is 0 Å². The lowest BCUT2D eigenvalue weighted by molar-refractivity contribution is 0.0402. The number of fused-ring (bicyclic) bond motifs is 1. The summed E-state index contributed by atoms with van der Waals surface area (Å²) < 4.78 is 0. The first-order valence-electron chi connectivity index (χ1n) is 9.42. The Kier molecular flexibility index (Phi) is 5.60. The number of rotatable bonds is 2. The quantitative estimate of drug-likeness (QED) is 0.548. The van der Waals surface area contributed by atoms with E-state index in [0.29, 0.717) is 0 Å². The minimum absolute atomic E-state index is 0.919. The van der Waals surface area contributed by atoms with Crippen LogP contribution >= 0.6 is 0 Å². The molecule has 0 aromatic heterocycles. The SMILES string of the molecule is CCC(C)[C@H]1C[C@@H](C)C[C@@H]2[C@H](CC1C)C[C@H](C)C[C@@H]2C. The summed E-state index contributed by atoms with van der Waals surface area (Å²) in [6.07, 6.45) is 8.87. The Balaban J connectivity index is 2.13. The molecule has 2 aliphatic rings. The molecule has 0 spiro atoms. The van der Waals surface area contributed by atoms with Crippen LogP contribution in [0, 0.1) is 47.3 Å². The molecule has 2 rings (SSSR count). The van der Waals surface area contributed by atoms with E-state index in [1.54, 1.807) is 0 Å². The van der Waals surface area contributed by atoms with Gasteiger partial charge in [0.15, 0.2) is 0 Å². The second-order valence-corrected chi connectivity index (χ2v) is 8.82. The molecular weight excluding hydrogens is 240 g/mol. The van der Waals surface area contributed by atoms with Crippen LogP contribution in [-0.4, -0.2) is 0 Å². The minimum atomic E-state index is 0.919. The predicted molar refractivity (Wildman–Crippen MR) is 89.7 cm³/mol. The molecule has 0 bridgehead atoms. The highest BCUT2D eigenvalue weighted by Crippen LogP contribution is 2.48. The van der Waals surface area contributed by atoms with Crippen molar-refractivity contribution in [2.24, 2.45) is 47.3 Å². The van der Waals surface area contributed by atoms with Gasteiger partial charge in [0.2, 0.25) is 0 Å². The number of hydrogen-bond acceptors (Lipinski definition) is 0. The summed E-state index contributed by atoms with van der Waals surface area (Å²) in [6.45, 7) is 15.0. The van der Waals surface area contributed by atoms with Gasteiger partial charge in [-0.05, 0) is 79.4 Å². The van der Waals surface area contributed by atoms with Gasteiger partial charge >= 0.3 is 0 Å². The summed E-state index contributed by atoms with van der Waals surface area (Å²) in [4.78, 5) is 0. The van der Waals surface area contributed by atoms with Gasteiger partial charge < -0.3 is 0 Å². The van der Waals surface area contributed by atoms with E-state index in [4.69, 9.17) is 0 Å². The van der Waals surface area contributed by atoms with Crippen LogP contribution < -0.4 is 0 Å². The summed E-state index contributed by atoms with van der Waals surface area (Å²) in [5.74, 6) is 7.78. The van der Waals surface area contributed by atoms with E-state index >= 15 is 0 Å². The molecule has 0 aromatic carbocycles. The van der Waals surface area contributed by atoms with Crippen molar-refractivity contribution in [1.82, 2.24) is 0 Å². The van der Waals surface area contributed by atoms with E-state index in [-0.39, 0.29) is 0 Å². The fraction of sp³-hybridized carbons (Fsp3) is 1.00. The summed E-state index contributed by atoms with van der Waals surface area (Å²) >= 11 is 0. The van der Waals surface area contributed by atoms with Gasteiger partial charge in [-0.25, -0.2) is 0 Å². The van der Waals surface area contributed by atoms with Crippen LogP contribution in [0.1, 0.15) is 80.1 Å². The van der Waals surface area contributed by atoms with Crippen molar-refractivity contribution >= 4 is 0 Å². The first-order valence-corrected chi connectivity index (χ1v) is 9.42. The second-order valence-electron chi connectivity index (χ2n) is 8.82. The van der Waals surface area contributed by atoms with Gasteiger partial charge in [-0.2, -0.15) is 0 Å². The second kappa shape index (κ2) is 6.84. The van der Waals surface area contributed by atoms with Gasteiger partial charge in [-0.15, -0.1) is 0 Å². The zero-order valence-electron chi connectivity index (χ0n) is 14.9. The molecule has 2 fully saturated rings. The van der Waals surface area contributed by atoms with E-state index in [1.807, 2.05) is 0 Å². The molecule has 0 radical (unpaired) electrons. The van der Waals surface area contributed by atoms with Crippen LogP contribution in [-0.2, 0) is 0 Å². The normalized spacial score (nSPS) is 48.0. The lowest BCUT2D eigenvalue weighted by Crippen LogP contribution is -2.37. The van der Waals surface area contributed by atoms with Crippen molar-refractivity contribution in [2.75, 3.05) is 0 Å². The summed E-state index contributed by atoms with van der Waals surface area (Å²) in [5, 5.41) is 0. The molecular formula is C20H38. The van der Waals surface area contributed by atoms with Crippen molar-refractivity contribution in [3.05, 3.63) is 0 Å². The Morgan fingerprint density at radius 2 is 1.45 bits per heavy atom. The van der Waals surface area contributed by atoms with Crippen LogP contribution in [0.4, 0.5) is 0 Å². The molecule has 0 nitrogen and oxygen atoms in total. The smallest absolute Gasteiger partial charge is 0.0357 e. The average Bonchev–Trinajstić information content (AvgIpc) is 2.37. The molecule has 20 heavy (non-hydrogen) atoms. The molecule has 0 aliphatic heterocycles. The maximum Gasteiger partial charge on any atom is -0.0357 e. The molecule has 2 unspecified atom stereocenters. The molecule has 2 aliphatic carbocycles. The van der Waals surface area contributed by atoms with Crippen LogP contribution in [0.15, 0.2) is 0 Å². The van der Waals surface area contributed by atoms with Crippen molar-refractivity contribution in [2.45, 2.75) is 80.1 Å². The molecule has 2 saturated carbocycles. The third kappa shape index (κ3) is 3.60. The highest BCUT2D eigenvalue weighted by molar-refractivity contribution is 4.89. The number of hydrogen-bond donors (Lipinski definition) is 0. The van der Waals surface area contributed by atoms with Crippen molar-refractivity contribution in [1.29, 1.82) is 0 Å². The van der Waals surface area contributed by atoms with Crippen LogP contribution in [0.5, 0.6) is 0 Å². The average molecular weight is 279 g/mol. The van der Waals surface area contributed by atoms with Gasteiger partial charge in [-0.3, -0.25) is 0 Å². The maximum atomic E-state index is 2.57. The van der Waals surface area contributed by atoms with Gasteiger partial charge in [0.25, 0.3) is 0 Å². The zero-order valence-corrected chi connectivity index (χ0v) is 14.9. The summed E-state index contributed by atoms with van der Waals surface area (Å²) in [6, 6.07) is 0. The molecule has 8 atom stereocenters. The zero-order chi connectivity index (χ0) is 14.9. The lowest BCUT2D eigenvalue weighted by atomic mass is 9.59. The minimum Gasteiger partial charge on any atom is -0.0651 e. The van der Waals surface area contributed by atoms with Crippen molar-refractivity contribution in [3.8, 4) is 0 Å². The topological polar surface area (TPSA) is 0 Å². The fourth-order valence-corrected chi connectivity index (χ4v) is 5.76. The summed E-state index contributed by atoms with van der Waals surface area (Å²) in [5.41, 5.74) is 0. The lowest BCUT2D eigenvalue weighted by Gasteiger charge is -2.46. The Hall–Kier alpha value is 0. The first kappa shape index (κ1) is 16.4. The first-order chi connectivity index (χ1) is 9.42. The third-order valence-corrected chi connectivity index (χ3v) is 6.95. The Labute approximate surface area is 128 Å². The highest BCUT2D eigenvalue weighted by atomic mass is 14.4. The van der Waals surface area contributed by atoms with Gasteiger partial charge in [0, 0.05) is 0 Å². The Bertz CT molecular complexity index is 294. The Morgan fingerprint density at radius 1 is 0.800 bits per heavy atom. The van der Waals surface area contributed by atoms with Crippen LogP contribution in [0.3, 0.4) is 0 Å². The van der Waals surface area contributed by atoms with E-state index in [0.717, 1.165) is 47.3 Å². The van der Waals surface area contributed by atoms with Crippen LogP contribution in [0.2, 0.25) is 0 Å². The molecule has 0 saturated heterocycles. The van der Waals surface area contributed by atoms with Crippen LogP contribution in [0.25, 0.3) is 0 Å². The Morgan fingerprint density at radius 3 is 2.10 bits per heavy atom.